The Balaban J connectivity index is 1.75. The van der Waals surface area contributed by atoms with Crippen molar-refractivity contribution in [1.29, 1.82) is 0 Å². The van der Waals surface area contributed by atoms with Gasteiger partial charge in [-0.1, -0.05) is 65.3 Å². The van der Waals surface area contributed by atoms with Gasteiger partial charge in [0.15, 0.2) is 11.0 Å². The van der Waals surface area contributed by atoms with Crippen molar-refractivity contribution in [3.8, 4) is 0 Å². The summed E-state index contributed by atoms with van der Waals surface area (Å²) in [4.78, 5) is 25.7. The highest BCUT2D eigenvalue weighted by Crippen LogP contribution is 2.28. The van der Waals surface area contributed by atoms with Crippen molar-refractivity contribution in [2.45, 2.75) is 58.8 Å². The Labute approximate surface area is 229 Å². The number of rotatable bonds is 10. The van der Waals surface area contributed by atoms with E-state index in [0.717, 1.165) is 21.3 Å². The monoisotopic (exact) mass is 591 g/mol. The topological polar surface area (TPSA) is 88.9 Å². The van der Waals surface area contributed by atoms with E-state index >= 15 is 0 Å². The number of thioether (sulfide) groups is 1. The van der Waals surface area contributed by atoms with Gasteiger partial charge in [0.1, 0.15) is 0 Å². The summed E-state index contributed by atoms with van der Waals surface area (Å²) in [6, 6.07) is 10.6. The third-order valence-corrected chi connectivity index (χ3v) is 7.35. The van der Waals surface area contributed by atoms with E-state index in [0.29, 0.717) is 40.5 Å². The molecule has 36 heavy (non-hydrogen) atoms. The number of carbonyl (C=O) groups excluding carboxylic acids is 2. The van der Waals surface area contributed by atoms with Gasteiger partial charge in [0.25, 0.3) is 5.91 Å². The molecule has 0 aliphatic heterocycles. The summed E-state index contributed by atoms with van der Waals surface area (Å²) in [5, 5.41) is 15.9. The lowest BCUT2D eigenvalue weighted by molar-refractivity contribution is -0.113. The molecule has 0 saturated heterocycles. The van der Waals surface area contributed by atoms with E-state index in [1.54, 1.807) is 24.3 Å². The molecule has 0 aliphatic carbocycles. The van der Waals surface area contributed by atoms with E-state index in [-0.39, 0.29) is 23.6 Å². The third kappa shape index (κ3) is 7.11. The van der Waals surface area contributed by atoms with Crippen molar-refractivity contribution in [3.05, 3.63) is 68.4 Å². The Hall–Kier alpha value is -2.36. The largest absolute Gasteiger partial charge is 0.342 e. The fraction of sp³-hybridized carbons (Fsp3) is 0.385. The van der Waals surface area contributed by atoms with Crippen LogP contribution in [0.3, 0.4) is 0 Å². The van der Waals surface area contributed by atoms with Crippen LogP contribution in [-0.2, 0) is 11.3 Å². The third-order valence-electron chi connectivity index (χ3n) is 5.60. The highest BCUT2D eigenvalue weighted by molar-refractivity contribution is 9.10. The predicted octanol–water partition coefficient (Wildman–Crippen LogP) is 6.58. The van der Waals surface area contributed by atoms with Crippen LogP contribution >= 0.6 is 39.3 Å². The van der Waals surface area contributed by atoms with Gasteiger partial charge >= 0.3 is 0 Å². The van der Waals surface area contributed by atoms with Crippen LogP contribution in [0.5, 0.6) is 0 Å². The van der Waals surface area contributed by atoms with Gasteiger partial charge in [-0.05, 0) is 68.5 Å². The standard InChI is InChI=1S/C26H31BrClN5O2S/c1-6-33-24(21(11-15(2)3)29-25(35)19-9-7-8-10-20(19)28)31-32-26(33)36-14-22(34)30-23-16(4)12-18(27)13-17(23)5/h7-10,12-13,15,21H,6,11,14H2,1-5H3,(H,29,35)(H,30,34)/t21-/m0/s1. The molecule has 0 bridgehead atoms. The van der Waals surface area contributed by atoms with E-state index in [2.05, 4.69) is 50.6 Å². The first-order valence-electron chi connectivity index (χ1n) is 11.8. The first kappa shape index (κ1) is 28.2. The minimum absolute atomic E-state index is 0.119. The van der Waals surface area contributed by atoms with Gasteiger partial charge < -0.3 is 15.2 Å². The number of halogens is 2. The van der Waals surface area contributed by atoms with E-state index in [1.807, 2.05) is 37.5 Å². The molecule has 10 heteroatoms. The van der Waals surface area contributed by atoms with E-state index in [4.69, 9.17) is 11.6 Å². The van der Waals surface area contributed by atoms with Gasteiger partial charge in [0.05, 0.1) is 22.4 Å². The van der Waals surface area contributed by atoms with Crippen LogP contribution in [-0.4, -0.2) is 32.3 Å². The van der Waals surface area contributed by atoms with Crippen LogP contribution in [0, 0.1) is 19.8 Å². The number of hydrogen-bond donors (Lipinski definition) is 2. The number of nitrogens with one attached hydrogen (secondary N) is 2. The zero-order valence-corrected chi connectivity index (χ0v) is 24.2. The average molecular weight is 593 g/mol. The first-order valence-corrected chi connectivity index (χ1v) is 13.9. The number of benzene rings is 2. The lowest BCUT2D eigenvalue weighted by atomic mass is 10.0. The van der Waals surface area contributed by atoms with E-state index < -0.39 is 0 Å². The molecule has 192 valence electrons. The normalized spacial score (nSPS) is 12.0. The molecule has 1 heterocycles. The maximum atomic E-state index is 13.0. The fourth-order valence-corrected chi connectivity index (χ4v) is 5.67. The lowest BCUT2D eigenvalue weighted by Crippen LogP contribution is -2.31. The molecule has 2 aromatic carbocycles. The zero-order valence-electron chi connectivity index (χ0n) is 21.1. The number of nitrogens with zero attached hydrogens (tertiary/aromatic N) is 3. The van der Waals surface area contributed by atoms with Gasteiger partial charge in [-0.3, -0.25) is 9.59 Å². The molecule has 2 N–H and O–H groups in total. The van der Waals surface area contributed by atoms with Crippen molar-refractivity contribution in [1.82, 2.24) is 20.1 Å². The summed E-state index contributed by atoms with van der Waals surface area (Å²) in [5.74, 6) is 0.780. The van der Waals surface area contributed by atoms with Crippen LogP contribution < -0.4 is 10.6 Å². The molecule has 1 aromatic heterocycles. The molecule has 0 aliphatic rings. The molecule has 2 amide bonds. The number of amides is 2. The molecule has 0 saturated carbocycles. The molecule has 3 rings (SSSR count). The molecular formula is C26H31BrClN5O2S. The van der Waals surface area contributed by atoms with Crippen molar-refractivity contribution in [2.24, 2.45) is 5.92 Å². The Morgan fingerprint density at radius 2 is 1.81 bits per heavy atom. The van der Waals surface area contributed by atoms with E-state index in [1.165, 1.54) is 11.8 Å². The molecule has 0 spiro atoms. The van der Waals surface area contributed by atoms with Gasteiger partial charge in [0, 0.05) is 16.7 Å². The highest BCUT2D eigenvalue weighted by Gasteiger charge is 2.25. The van der Waals surface area contributed by atoms with Crippen LogP contribution in [0.25, 0.3) is 0 Å². The van der Waals surface area contributed by atoms with Crippen LogP contribution in [0.1, 0.15) is 60.5 Å². The van der Waals surface area contributed by atoms with E-state index in [9.17, 15) is 9.59 Å². The number of aryl methyl sites for hydroxylation is 2. The van der Waals surface area contributed by atoms with Gasteiger partial charge in [-0.2, -0.15) is 0 Å². The maximum absolute atomic E-state index is 13.0. The second kappa shape index (κ2) is 12.7. The molecule has 1 atom stereocenters. The molecule has 0 unspecified atom stereocenters. The number of carbonyl (C=O) groups is 2. The minimum atomic E-state index is -0.350. The summed E-state index contributed by atoms with van der Waals surface area (Å²) in [5.41, 5.74) is 3.22. The first-order chi connectivity index (χ1) is 17.1. The Morgan fingerprint density at radius 1 is 1.14 bits per heavy atom. The van der Waals surface area contributed by atoms with Crippen LogP contribution in [0.15, 0.2) is 46.0 Å². The summed E-state index contributed by atoms with van der Waals surface area (Å²) >= 11 is 11.0. The van der Waals surface area contributed by atoms with Gasteiger partial charge in [-0.15, -0.1) is 10.2 Å². The molecule has 0 radical (unpaired) electrons. The molecular weight excluding hydrogens is 562 g/mol. The maximum Gasteiger partial charge on any atom is 0.253 e. The van der Waals surface area contributed by atoms with Crippen LogP contribution in [0.4, 0.5) is 5.69 Å². The average Bonchev–Trinajstić information content (AvgIpc) is 3.22. The van der Waals surface area contributed by atoms with Gasteiger partial charge in [0.2, 0.25) is 5.91 Å². The second-order valence-electron chi connectivity index (χ2n) is 8.97. The summed E-state index contributed by atoms with van der Waals surface area (Å²) in [7, 11) is 0. The molecule has 3 aromatic rings. The fourth-order valence-electron chi connectivity index (χ4n) is 3.96. The van der Waals surface area contributed by atoms with Crippen molar-refractivity contribution in [3.63, 3.8) is 0 Å². The number of anilines is 1. The van der Waals surface area contributed by atoms with Crippen molar-refractivity contribution >= 4 is 56.8 Å². The Kier molecular flexibility index (Phi) is 9.99. The Morgan fingerprint density at radius 3 is 2.42 bits per heavy atom. The van der Waals surface area contributed by atoms with Crippen molar-refractivity contribution < 1.29 is 9.59 Å². The zero-order chi connectivity index (χ0) is 26.4. The number of aromatic nitrogens is 3. The predicted molar refractivity (Wildman–Crippen MR) is 150 cm³/mol. The summed E-state index contributed by atoms with van der Waals surface area (Å²) in [6.07, 6.45) is 0.682. The van der Waals surface area contributed by atoms with Crippen LogP contribution in [0.2, 0.25) is 5.02 Å². The quantitative estimate of drug-likeness (QED) is 0.260. The molecule has 7 nitrogen and oxygen atoms in total. The molecule has 0 fully saturated rings. The minimum Gasteiger partial charge on any atom is -0.342 e. The summed E-state index contributed by atoms with van der Waals surface area (Å²) < 4.78 is 2.93. The lowest BCUT2D eigenvalue weighted by Gasteiger charge is -2.21. The second-order valence-corrected chi connectivity index (χ2v) is 11.2. The SMILES string of the molecule is CCn1c(SCC(=O)Nc2c(C)cc(Br)cc2C)nnc1[C@H](CC(C)C)NC(=O)c1ccccc1Cl. The number of hydrogen-bond acceptors (Lipinski definition) is 5. The summed E-state index contributed by atoms with van der Waals surface area (Å²) in [6.45, 7) is 10.7. The van der Waals surface area contributed by atoms with Crippen molar-refractivity contribution in [2.75, 3.05) is 11.1 Å². The Bertz CT molecular complexity index is 1220. The van der Waals surface area contributed by atoms with Gasteiger partial charge in [-0.25, -0.2) is 0 Å². The highest BCUT2D eigenvalue weighted by atomic mass is 79.9. The smallest absolute Gasteiger partial charge is 0.253 e.